The van der Waals surface area contributed by atoms with Gasteiger partial charge in [0.15, 0.2) is 5.75 Å². The van der Waals surface area contributed by atoms with Crippen LogP contribution in [0.3, 0.4) is 0 Å². The van der Waals surface area contributed by atoms with Crippen LogP contribution in [0.25, 0.3) is 0 Å². The Hall–Kier alpha value is -1.46. The maximum atomic E-state index is 11.5. The van der Waals surface area contributed by atoms with Crippen LogP contribution in [0.2, 0.25) is 5.02 Å². The van der Waals surface area contributed by atoms with Crippen molar-refractivity contribution >= 4 is 23.3 Å². The Kier molecular flexibility index (Phi) is 5.06. The Balaban J connectivity index is 3.03. The van der Waals surface area contributed by atoms with E-state index in [4.69, 9.17) is 26.8 Å². The van der Waals surface area contributed by atoms with E-state index in [-0.39, 0.29) is 22.9 Å². The number of halogens is 1. The van der Waals surface area contributed by atoms with Crippen LogP contribution < -0.4 is 10.5 Å². The molecule has 0 unspecified atom stereocenters. The predicted octanol–water partition coefficient (Wildman–Crippen LogP) is 1.73. The summed E-state index contributed by atoms with van der Waals surface area (Å²) in [5.74, 6) is -0.295. The first kappa shape index (κ1) is 13.6. The lowest BCUT2D eigenvalue weighted by Gasteiger charge is -2.12. The third-order valence-corrected chi connectivity index (χ3v) is 2.29. The number of esters is 1. The molecule has 2 N–H and O–H groups in total. The van der Waals surface area contributed by atoms with Gasteiger partial charge in [-0.05, 0) is 12.1 Å². The zero-order valence-electron chi connectivity index (χ0n) is 9.66. The lowest BCUT2D eigenvalue weighted by atomic mass is 10.2. The van der Waals surface area contributed by atoms with Crippen molar-refractivity contribution < 1.29 is 19.0 Å². The van der Waals surface area contributed by atoms with Gasteiger partial charge in [-0.2, -0.15) is 0 Å². The monoisotopic (exact) mass is 259 g/mol. The molecule has 0 aliphatic carbocycles. The van der Waals surface area contributed by atoms with Gasteiger partial charge in [0, 0.05) is 12.8 Å². The summed E-state index contributed by atoms with van der Waals surface area (Å²) in [6.07, 6.45) is 0. The van der Waals surface area contributed by atoms with Crippen molar-refractivity contribution in [3.05, 3.63) is 22.7 Å². The minimum Gasteiger partial charge on any atom is -0.489 e. The number of carbonyl (C=O) groups is 1. The van der Waals surface area contributed by atoms with Crippen molar-refractivity contribution in [2.45, 2.75) is 0 Å². The maximum Gasteiger partial charge on any atom is 0.341 e. The summed E-state index contributed by atoms with van der Waals surface area (Å²) in [5.41, 5.74) is 6.18. The number of nitrogens with two attached hydrogens (primary N) is 1. The summed E-state index contributed by atoms with van der Waals surface area (Å²) < 4.78 is 14.8. The van der Waals surface area contributed by atoms with E-state index in [0.29, 0.717) is 12.3 Å². The summed E-state index contributed by atoms with van der Waals surface area (Å²) >= 11 is 5.96. The quantitative estimate of drug-likeness (QED) is 0.495. The van der Waals surface area contributed by atoms with Gasteiger partial charge in [0.05, 0.1) is 18.7 Å². The molecule has 0 spiro atoms. The molecule has 6 heteroatoms. The number of rotatable bonds is 5. The normalized spacial score (nSPS) is 10.1. The Bertz CT molecular complexity index is 409. The van der Waals surface area contributed by atoms with Crippen LogP contribution in [0, 0.1) is 0 Å². The fraction of sp³-hybridized carbons (Fsp3) is 0.364. The van der Waals surface area contributed by atoms with Crippen molar-refractivity contribution in [1.82, 2.24) is 0 Å². The van der Waals surface area contributed by atoms with E-state index >= 15 is 0 Å². The van der Waals surface area contributed by atoms with Gasteiger partial charge in [-0.3, -0.25) is 0 Å². The maximum absolute atomic E-state index is 11.5. The Morgan fingerprint density at radius 2 is 2.06 bits per heavy atom. The highest BCUT2D eigenvalue weighted by molar-refractivity contribution is 6.33. The van der Waals surface area contributed by atoms with E-state index in [1.807, 2.05) is 0 Å². The van der Waals surface area contributed by atoms with E-state index in [1.54, 1.807) is 7.11 Å². The molecule has 0 radical (unpaired) electrons. The molecule has 94 valence electrons. The minimum absolute atomic E-state index is 0.202. The average Bonchev–Trinajstić information content (AvgIpc) is 2.30. The second-order valence-electron chi connectivity index (χ2n) is 3.21. The number of anilines is 1. The van der Waals surface area contributed by atoms with E-state index < -0.39 is 5.97 Å². The fourth-order valence-corrected chi connectivity index (χ4v) is 1.53. The van der Waals surface area contributed by atoms with Crippen LogP contribution in [0.15, 0.2) is 12.1 Å². The first-order chi connectivity index (χ1) is 8.10. The lowest BCUT2D eigenvalue weighted by Crippen LogP contribution is -2.10. The average molecular weight is 260 g/mol. The number of benzene rings is 1. The van der Waals surface area contributed by atoms with Crippen LogP contribution in [-0.2, 0) is 9.47 Å². The van der Waals surface area contributed by atoms with Crippen molar-refractivity contribution in [1.29, 1.82) is 0 Å². The molecule has 5 nitrogen and oxygen atoms in total. The zero-order chi connectivity index (χ0) is 12.8. The van der Waals surface area contributed by atoms with Crippen molar-refractivity contribution in [2.24, 2.45) is 0 Å². The zero-order valence-corrected chi connectivity index (χ0v) is 10.4. The van der Waals surface area contributed by atoms with Crippen molar-refractivity contribution in [3.8, 4) is 5.75 Å². The number of hydrogen-bond donors (Lipinski definition) is 1. The van der Waals surface area contributed by atoms with Gasteiger partial charge in [-0.15, -0.1) is 0 Å². The van der Waals surface area contributed by atoms with Gasteiger partial charge in [0.2, 0.25) is 0 Å². The molecule has 0 amide bonds. The molecular formula is C11H14ClNO4. The summed E-state index contributed by atoms with van der Waals surface area (Å²) in [6.45, 7) is 0.672. The van der Waals surface area contributed by atoms with Gasteiger partial charge in [-0.25, -0.2) is 4.79 Å². The van der Waals surface area contributed by atoms with Crippen LogP contribution in [0.4, 0.5) is 5.69 Å². The van der Waals surface area contributed by atoms with Gasteiger partial charge in [-0.1, -0.05) is 11.6 Å². The van der Waals surface area contributed by atoms with Crippen LogP contribution in [0.1, 0.15) is 10.4 Å². The second kappa shape index (κ2) is 6.32. The fourth-order valence-electron chi connectivity index (χ4n) is 1.25. The molecule has 0 aliphatic heterocycles. The molecule has 17 heavy (non-hydrogen) atoms. The number of hydrogen-bond acceptors (Lipinski definition) is 5. The SMILES string of the molecule is COCCOc1c(Cl)cc(N)cc1C(=O)OC. The molecule has 0 atom stereocenters. The molecule has 0 heterocycles. The molecule has 0 saturated heterocycles. The first-order valence-corrected chi connectivity index (χ1v) is 5.27. The first-order valence-electron chi connectivity index (χ1n) is 4.89. The van der Waals surface area contributed by atoms with Crippen LogP contribution in [0.5, 0.6) is 5.75 Å². The van der Waals surface area contributed by atoms with Crippen LogP contribution >= 0.6 is 11.6 Å². The molecular weight excluding hydrogens is 246 g/mol. The van der Waals surface area contributed by atoms with E-state index in [9.17, 15) is 4.79 Å². The summed E-state index contributed by atoms with van der Waals surface area (Å²) in [4.78, 5) is 11.5. The number of nitrogen functional groups attached to an aromatic ring is 1. The number of ether oxygens (including phenoxy) is 3. The number of methoxy groups -OCH3 is 2. The van der Waals surface area contributed by atoms with E-state index in [0.717, 1.165) is 0 Å². The second-order valence-corrected chi connectivity index (χ2v) is 3.62. The third-order valence-electron chi connectivity index (χ3n) is 2.01. The van der Waals surface area contributed by atoms with E-state index in [1.165, 1.54) is 19.2 Å². The molecule has 1 aromatic carbocycles. The molecule has 0 aromatic heterocycles. The molecule has 0 bridgehead atoms. The summed E-state index contributed by atoms with van der Waals surface area (Å²) in [7, 11) is 2.83. The largest absolute Gasteiger partial charge is 0.489 e. The molecule has 0 fully saturated rings. The molecule has 1 rings (SSSR count). The third kappa shape index (κ3) is 3.51. The van der Waals surface area contributed by atoms with Gasteiger partial charge >= 0.3 is 5.97 Å². The minimum atomic E-state index is -0.549. The van der Waals surface area contributed by atoms with Gasteiger partial charge in [0.1, 0.15) is 12.2 Å². The predicted molar refractivity (Wildman–Crippen MR) is 64.6 cm³/mol. The lowest BCUT2D eigenvalue weighted by molar-refractivity contribution is 0.0594. The topological polar surface area (TPSA) is 70.8 Å². The molecule has 0 saturated carbocycles. The molecule has 0 aliphatic rings. The Morgan fingerprint density at radius 3 is 2.65 bits per heavy atom. The van der Waals surface area contributed by atoms with Crippen molar-refractivity contribution in [2.75, 3.05) is 33.2 Å². The van der Waals surface area contributed by atoms with E-state index in [2.05, 4.69) is 4.74 Å². The summed E-state index contributed by atoms with van der Waals surface area (Å²) in [6, 6.07) is 2.97. The highest BCUT2D eigenvalue weighted by atomic mass is 35.5. The highest BCUT2D eigenvalue weighted by Crippen LogP contribution is 2.32. The molecule has 1 aromatic rings. The van der Waals surface area contributed by atoms with Crippen LogP contribution in [-0.4, -0.2) is 33.4 Å². The Labute approximate surface area is 104 Å². The highest BCUT2D eigenvalue weighted by Gasteiger charge is 2.17. The summed E-state index contributed by atoms with van der Waals surface area (Å²) in [5, 5.41) is 0.265. The van der Waals surface area contributed by atoms with Gasteiger partial charge < -0.3 is 19.9 Å². The Morgan fingerprint density at radius 1 is 1.35 bits per heavy atom. The smallest absolute Gasteiger partial charge is 0.341 e. The number of carbonyl (C=O) groups excluding carboxylic acids is 1. The standard InChI is InChI=1S/C11H14ClNO4/c1-15-3-4-17-10-8(11(14)16-2)5-7(13)6-9(10)12/h5-6H,3-4,13H2,1-2H3. The van der Waals surface area contributed by atoms with Gasteiger partial charge in [0.25, 0.3) is 0 Å². The van der Waals surface area contributed by atoms with Crippen molar-refractivity contribution in [3.63, 3.8) is 0 Å².